The third kappa shape index (κ3) is 2.81. The van der Waals surface area contributed by atoms with Crippen molar-refractivity contribution in [3.05, 3.63) is 33.0 Å². The summed E-state index contributed by atoms with van der Waals surface area (Å²) in [6.07, 6.45) is 1.99. The Bertz CT molecular complexity index is 410. The standard InChI is InChI=1S/C12H14BrClFNO/c1-16-12(11-3-2-4-17-11)7-5-9(14)8(13)6-10(7)15/h5-6,11-12,16H,2-4H2,1H3. The average Bonchev–Trinajstić information content (AvgIpc) is 2.80. The monoisotopic (exact) mass is 321 g/mol. The lowest BCUT2D eigenvalue weighted by atomic mass is 9.99. The fraction of sp³-hybridized carbons (Fsp3) is 0.500. The second-order valence-electron chi connectivity index (χ2n) is 4.11. The molecule has 0 radical (unpaired) electrons. The molecule has 94 valence electrons. The fourth-order valence-electron chi connectivity index (χ4n) is 2.18. The fourth-order valence-corrected chi connectivity index (χ4v) is 2.67. The average molecular weight is 323 g/mol. The molecule has 1 heterocycles. The summed E-state index contributed by atoms with van der Waals surface area (Å²) in [6, 6.07) is 2.91. The van der Waals surface area contributed by atoms with E-state index < -0.39 is 0 Å². The van der Waals surface area contributed by atoms with Gasteiger partial charge in [-0.2, -0.15) is 0 Å². The first-order chi connectivity index (χ1) is 8.13. The highest BCUT2D eigenvalue weighted by molar-refractivity contribution is 9.10. The summed E-state index contributed by atoms with van der Waals surface area (Å²) in [5, 5.41) is 3.62. The molecule has 0 amide bonds. The van der Waals surface area contributed by atoms with Gasteiger partial charge < -0.3 is 10.1 Å². The molecule has 17 heavy (non-hydrogen) atoms. The Labute approximate surface area is 114 Å². The smallest absolute Gasteiger partial charge is 0.129 e. The van der Waals surface area contributed by atoms with E-state index >= 15 is 0 Å². The number of rotatable bonds is 3. The van der Waals surface area contributed by atoms with Crippen LogP contribution >= 0.6 is 27.5 Å². The second-order valence-corrected chi connectivity index (χ2v) is 5.37. The Morgan fingerprint density at radius 2 is 2.35 bits per heavy atom. The Hall–Kier alpha value is -0.160. The molecule has 5 heteroatoms. The van der Waals surface area contributed by atoms with Crippen molar-refractivity contribution < 1.29 is 9.13 Å². The lowest BCUT2D eigenvalue weighted by molar-refractivity contribution is 0.0796. The van der Waals surface area contributed by atoms with E-state index in [1.807, 2.05) is 7.05 Å². The maximum Gasteiger partial charge on any atom is 0.129 e. The summed E-state index contributed by atoms with van der Waals surface area (Å²) in [5.74, 6) is -0.267. The maximum absolute atomic E-state index is 13.9. The number of benzene rings is 1. The zero-order chi connectivity index (χ0) is 12.4. The summed E-state index contributed by atoms with van der Waals surface area (Å²) in [7, 11) is 1.81. The van der Waals surface area contributed by atoms with Crippen LogP contribution in [0.1, 0.15) is 24.4 Å². The van der Waals surface area contributed by atoms with Crippen LogP contribution in [0.5, 0.6) is 0 Å². The third-order valence-electron chi connectivity index (χ3n) is 3.02. The molecule has 0 saturated carbocycles. The molecule has 0 bridgehead atoms. The highest BCUT2D eigenvalue weighted by Gasteiger charge is 2.28. The van der Waals surface area contributed by atoms with Crippen LogP contribution in [0.15, 0.2) is 16.6 Å². The van der Waals surface area contributed by atoms with Gasteiger partial charge in [0.1, 0.15) is 5.82 Å². The van der Waals surface area contributed by atoms with E-state index in [2.05, 4.69) is 21.2 Å². The minimum absolute atomic E-state index is 0.0201. The summed E-state index contributed by atoms with van der Waals surface area (Å²) < 4.78 is 20.1. The molecule has 1 aliphatic heterocycles. The van der Waals surface area contributed by atoms with Crippen molar-refractivity contribution in [1.82, 2.24) is 5.32 Å². The van der Waals surface area contributed by atoms with Crippen molar-refractivity contribution in [3.8, 4) is 0 Å². The molecule has 1 aromatic rings. The number of nitrogens with one attached hydrogen (secondary N) is 1. The number of halogens is 3. The van der Waals surface area contributed by atoms with E-state index in [1.165, 1.54) is 6.07 Å². The van der Waals surface area contributed by atoms with Gasteiger partial charge in [-0.1, -0.05) is 11.6 Å². The van der Waals surface area contributed by atoms with Gasteiger partial charge in [0.25, 0.3) is 0 Å². The molecular formula is C12H14BrClFNO. The topological polar surface area (TPSA) is 21.3 Å². The van der Waals surface area contributed by atoms with Crippen LogP contribution in [-0.2, 0) is 4.74 Å². The predicted molar refractivity (Wildman–Crippen MR) is 69.9 cm³/mol. The number of ether oxygens (including phenoxy) is 1. The minimum atomic E-state index is -0.267. The van der Waals surface area contributed by atoms with Crippen molar-refractivity contribution in [2.24, 2.45) is 0 Å². The minimum Gasteiger partial charge on any atom is -0.376 e. The third-order valence-corrected chi connectivity index (χ3v) is 4.22. The summed E-state index contributed by atoms with van der Waals surface area (Å²) in [6.45, 7) is 0.745. The second kappa shape index (κ2) is 5.65. The Kier molecular flexibility index (Phi) is 4.42. The Balaban J connectivity index is 2.32. The molecule has 1 aliphatic rings. The van der Waals surface area contributed by atoms with Gasteiger partial charge in [0.05, 0.1) is 17.2 Å². The Morgan fingerprint density at radius 3 is 2.94 bits per heavy atom. The molecule has 1 N–H and O–H groups in total. The molecule has 1 fully saturated rings. The van der Waals surface area contributed by atoms with Gasteiger partial charge in [-0.15, -0.1) is 0 Å². The van der Waals surface area contributed by atoms with Gasteiger partial charge in [0.2, 0.25) is 0 Å². The highest BCUT2D eigenvalue weighted by Crippen LogP contribution is 2.33. The van der Waals surface area contributed by atoms with Gasteiger partial charge in [0.15, 0.2) is 0 Å². The Morgan fingerprint density at radius 1 is 1.59 bits per heavy atom. The highest BCUT2D eigenvalue weighted by atomic mass is 79.9. The van der Waals surface area contributed by atoms with Crippen molar-refractivity contribution >= 4 is 27.5 Å². The molecule has 0 aliphatic carbocycles. The van der Waals surface area contributed by atoms with Crippen LogP contribution in [0, 0.1) is 5.82 Å². The lowest BCUT2D eigenvalue weighted by Crippen LogP contribution is -2.29. The molecule has 2 atom stereocenters. The van der Waals surface area contributed by atoms with Gasteiger partial charge in [0, 0.05) is 16.6 Å². The van der Waals surface area contributed by atoms with Crippen molar-refractivity contribution in [2.45, 2.75) is 25.0 Å². The molecular weight excluding hydrogens is 308 g/mol. The molecule has 2 nitrogen and oxygen atoms in total. The lowest BCUT2D eigenvalue weighted by Gasteiger charge is -2.23. The zero-order valence-electron chi connectivity index (χ0n) is 9.47. The molecule has 1 saturated heterocycles. The quantitative estimate of drug-likeness (QED) is 0.857. The van der Waals surface area contributed by atoms with E-state index in [9.17, 15) is 4.39 Å². The predicted octanol–water partition coefficient (Wildman–Crippen LogP) is 3.68. The molecule has 2 rings (SSSR count). The van der Waals surface area contributed by atoms with Crippen molar-refractivity contribution in [3.63, 3.8) is 0 Å². The van der Waals surface area contributed by atoms with E-state index in [0.29, 0.717) is 15.1 Å². The first-order valence-corrected chi connectivity index (χ1v) is 6.74. The molecule has 2 unspecified atom stereocenters. The van der Waals surface area contributed by atoms with Gasteiger partial charge in [-0.3, -0.25) is 0 Å². The van der Waals surface area contributed by atoms with Crippen LogP contribution in [0.4, 0.5) is 4.39 Å². The zero-order valence-corrected chi connectivity index (χ0v) is 11.8. The van der Waals surface area contributed by atoms with Crippen LogP contribution in [-0.4, -0.2) is 19.8 Å². The van der Waals surface area contributed by atoms with E-state index in [0.717, 1.165) is 19.4 Å². The van der Waals surface area contributed by atoms with Crippen LogP contribution in [0.2, 0.25) is 5.02 Å². The summed E-state index contributed by atoms with van der Waals surface area (Å²) in [4.78, 5) is 0. The van der Waals surface area contributed by atoms with Crippen LogP contribution in [0.3, 0.4) is 0 Å². The summed E-state index contributed by atoms with van der Waals surface area (Å²) >= 11 is 9.22. The molecule has 1 aromatic carbocycles. The van der Waals surface area contributed by atoms with Gasteiger partial charge >= 0.3 is 0 Å². The van der Waals surface area contributed by atoms with Crippen molar-refractivity contribution in [2.75, 3.05) is 13.7 Å². The number of likely N-dealkylation sites (N-methyl/N-ethyl adjacent to an activating group) is 1. The first kappa shape index (κ1) is 13.3. The SMILES string of the molecule is CNC(c1cc(Cl)c(Br)cc1F)C1CCCO1. The largest absolute Gasteiger partial charge is 0.376 e. The maximum atomic E-state index is 13.9. The molecule has 0 spiro atoms. The van der Waals surface area contributed by atoms with Gasteiger partial charge in [-0.25, -0.2) is 4.39 Å². The normalized spacial score (nSPS) is 21.8. The van der Waals surface area contributed by atoms with Crippen LogP contribution < -0.4 is 5.32 Å². The first-order valence-electron chi connectivity index (χ1n) is 5.56. The van der Waals surface area contributed by atoms with Gasteiger partial charge in [-0.05, 0) is 48.0 Å². The van der Waals surface area contributed by atoms with Crippen molar-refractivity contribution in [1.29, 1.82) is 0 Å². The number of hydrogen-bond acceptors (Lipinski definition) is 2. The van der Waals surface area contributed by atoms with E-state index in [4.69, 9.17) is 16.3 Å². The van der Waals surface area contributed by atoms with E-state index in [-0.39, 0.29) is 18.0 Å². The van der Waals surface area contributed by atoms with E-state index in [1.54, 1.807) is 6.07 Å². The molecule has 0 aromatic heterocycles. The number of hydrogen-bond donors (Lipinski definition) is 1. The summed E-state index contributed by atoms with van der Waals surface area (Å²) in [5.41, 5.74) is 0.563. The van der Waals surface area contributed by atoms with Crippen LogP contribution in [0.25, 0.3) is 0 Å².